The van der Waals surface area contributed by atoms with Crippen molar-refractivity contribution in [3.05, 3.63) is 41.7 Å². The molecule has 1 amide bonds. The molecule has 1 aromatic carbocycles. The second-order valence-corrected chi connectivity index (χ2v) is 6.56. The van der Waals surface area contributed by atoms with Gasteiger partial charge in [0.2, 0.25) is 5.95 Å². The first kappa shape index (κ1) is 18.2. The van der Waals surface area contributed by atoms with E-state index < -0.39 is 0 Å². The highest BCUT2D eigenvalue weighted by molar-refractivity contribution is 6.03. The highest BCUT2D eigenvalue weighted by Gasteiger charge is 2.17. The SMILES string of the molecule is CCN(CC)c1ccc(NC(=O)c2ccnc(N3CCCC3)n2)c(C)c1. The Morgan fingerprint density at radius 2 is 1.92 bits per heavy atom. The number of aryl methyl sites for hydroxylation is 1. The lowest BCUT2D eigenvalue weighted by Gasteiger charge is -2.22. The van der Waals surface area contributed by atoms with Crippen molar-refractivity contribution in [2.75, 3.05) is 41.3 Å². The maximum Gasteiger partial charge on any atom is 0.274 e. The van der Waals surface area contributed by atoms with E-state index in [0.717, 1.165) is 50.3 Å². The summed E-state index contributed by atoms with van der Waals surface area (Å²) < 4.78 is 0. The molecule has 0 bridgehead atoms. The summed E-state index contributed by atoms with van der Waals surface area (Å²) in [7, 11) is 0. The number of hydrogen-bond donors (Lipinski definition) is 1. The molecule has 1 aliphatic heterocycles. The number of nitrogens with zero attached hydrogens (tertiary/aromatic N) is 4. The van der Waals surface area contributed by atoms with E-state index >= 15 is 0 Å². The fourth-order valence-corrected chi connectivity index (χ4v) is 3.30. The second-order valence-electron chi connectivity index (χ2n) is 6.56. The van der Waals surface area contributed by atoms with Crippen LogP contribution in [-0.2, 0) is 0 Å². The molecule has 1 saturated heterocycles. The van der Waals surface area contributed by atoms with Gasteiger partial charge in [-0.1, -0.05) is 0 Å². The van der Waals surface area contributed by atoms with Crippen LogP contribution in [0.25, 0.3) is 0 Å². The monoisotopic (exact) mass is 353 g/mol. The fourth-order valence-electron chi connectivity index (χ4n) is 3.30. The van der Waals surface area contributed by atoms with Crippen molar-refractivity contribution in [2.24, 2.45) is 0 Å². The predicted molar refractivity (Wildman–Crippen MR) is 106 cm³/mol. The number of carbonyl (C=O) groups excluding carboxylic acids is 1. The topological polar surface area (TPSA) is 61.4 Å². The molecule has 138 valence electrons. The summed E-state index contributed by atoms with van der Waals surface area (Å²) in [4.78, 5) is 25.8. The zero-order chi connectivity index (χ0) is 18.5. The van der Waals surface area contributed by atoms with Gasteiger partial charge in [-0.25, -0.2) is 9.97 Å². The molecule has 1 aliphatic rings. The third-order valence-electron chi connectivity index (χ3n) is 4.85. The van der Waals surface area contributed by atoms with Gasteiger partial charge in [-0.3, -0.25) is 4.79 Å². The molecule has 0 unspecified atom stereocenters. The Hall–Kier alpha value is -2.63. The van der Waals surface area contributed by atoms with Gasteiger partial charge in [-0.15, -0.1) is 0 Å². The van der Waals surface area contributed by atoms with E-state index in [2.05, 4.69) is 45.0 Å². The molecular weight excluding hydrogens is 326 g/mol. The molecule has 0 radical (unpaired) electrons. The van der Waals surface area contributed by atoms with Crippen molar-refractivity contribution in [1.82, 2.24) is 9.97 Å². The van der Waals surface area contributed by atoms with E-state index in [1.807, 2.05) is 19.1 Å². The van der Waals surface area contributed by atoms with E-state index in [9.17, 15) is 4.79 Å². The Bertz CT molecular complexity index is 767. The van der Waals surface area contributed by atoms with Gasteiger partial charge in [0.25, 0.3) is 5.91 Å². The standard InChI is InChI=1S/C20H27N5O/c1-4-24(5-2)16-8-9-17(15(3)14-16)22-19(26)18-10-11-21-20(23-18)25-12-6-7-13-25/h8-11,14H,4-7,12-13H2,1-3H3,(H,22,26). The molecular formula is C20H27N5O. The molecule has 1 fully saturated rings. The minimum absolute atomic E-state index is 0.202. The van der Waals surface area contributed by atoms with Gasteiger partial charge < -0.3 is 15.1 Å². The molecule has 1 aromatic heterocycles. The molecule has 6 heteroatoms. The van der Waals surface area contributed by atoms with Gasteiger partial charge in [0, 0.05) is 43.8 Å². The number of rotatable bonds is 6. The third-order valence-corrected chi connectivity index (χ3v) is 4.85. The molecule has 1 N–H and O–H groups in total. The lowest BCUT2D eigenvalue weighted by atomic mass is 10.1. The van der Waals surface area contributed by atoms with E-state index in [1.165, 1.54) is 5.69 Å². The number of amides is 1. The van der Waals surface area contributed by atoms with Gasteiger partial charge in [0.1, 0.15) is 5.69 Å². The first-order chi connectivity index (χ1) is 12.6. The third kappa shape index (κ3) is 3.95. The minimum atomic E-state index is -0.202. The van der Waals surface area contributed by atoms with Gasteiger partial charge in [0.05, 0.1) is 0 Å². The number of aromatic nitrogens is 2. The Labute approximate surface area is 155 Å². The Morgan fingerprint density at radius 1 is 1.19 bits per heavy atom. The number of benzene rings is 1. The Kier molecular flexibility index (Phi) is 5.71. The number of anilines is 3. The lowest BCUT2D eigenvalue weighted by molar-refractivity contribution is 0.102. The van der Waals surface area contributed by atoms with Crippen molar-refractivity contribution in [1.29, 1.82) is 0 Å². The van der Waals surface area contributed by atoms with Crippen LogP contribution in [0.2, 0.25) is 0 Å². The van der Waals surface area contributed by atoms with E-state index in [1.54, 1.807) is 12.3 Å². The van der Waals surface area contributed by atoms with Crippen molar-refractivity contribution in [3.63, 3.8) is 0 Å². The molecule has 6 nitrogen and oxygen atoms in total. The highest BCUT2D eigenvalue weighted by Crippen LogP contribution is 2.23. The van der Waals surface area contributed by atoms with Crippen LogP contribution in [0.5, 0.6) is 0 Å². The van der Waals surface area contributed by atoms with Crippen LogP contribution in [0.15, 0.2) is 30.5 Å². The van der Waals surface area contributed by atoms with Crippen LogP contribution < -0.4 is 15.1 Å². The smallest absolute Gasteiger partial charge is 0.274 e. The molecule has 2 aromatic rings. The first-order valence-corrected chi connectivity index (χ1v) is 9.37. The quantitative estimate of drug-likeness (QED) is 0.861. The highest BCUT2D eigenvalue weighted by atomic mass is 16.1. The summed E-state index contributed by atoms with van der Waals surface area (Å²) in [6.07, 6.45) is 3.96. The minimum Gasteiger partial charge on any atom is -0.372 e. The molecule has 2 heterocycles. The summed E-state index contributed by atoms with van der Waals surface area (Å²) >= 11 is 0. The number of nitrogens with one attached hydrogen (secondary N) is 1. The lowest BCUT2D eigenvalue weighted by Crippen LogP contribution is -2.23. The number of hydrogen-bond acceptors (Lipinski definition) is 5. The Balaban J connectivity index is 1.74. The summed E-state index contributed by atoms with van der Waals surface area (Å²) in [6, 6.07) is 7.78. The summed E-state index contributed by atoms with van der Waals surface area (Å²) in [6.45, 7) is 10.1. The molecule has 0 spiro atoms. The van der Waals surface area contributed by atoms with Gasteiger partial charge in [-0.05, 0) is 63.4 Å². The van der Waals surface area contributed by atoms with Crippen LogP contribution in [0.3, 0.4) is 0 Å². The second kappa shape index (κ2) is 8.17. The van der Waals surface area contributed by atoms with E-state index in [-0.39, 0.29) is 5.91 Å². The average Bonchev–Trinajstić information content (AvgIpc) is 3.20. The molecule has 26 heavy (non-hydrogen) atoms. The number of carbonyl (C=O) groups is 1. The van der Waals surface area contributed by atoms with Crippen LogP contribution in [0.4, 0.5) is 17.3 Å². The maximum atomic E-state index is 12.6. The summed E-state index contributed by atoms with van der Waals surface area (Å²) in [5.41, 5.74) is 3.42. The van der Waals surface area contributed by atoms with Crippen molar-refractivity contribution < 1.29 is 4.79 Å². The van der Waals surface area contributed by atoms with Gasteiger partial charge in [0.15, 0.2) is 0 Å². The molecule has 0 saturated carbocycles. The van der Waals surface area contributed by atoms with Crippen LogP contribution in [0.1, 0.15) is 42.7 Å². The predicted octanol–water partition coefficient (Wildman–Crippen LogP) is 3.48. The van der Waals surface area contributed by atoms with Crippen molar-refractivity contribution in [2.45, 2.75) is 33.6 Å². The van der Waals surface area contributed by atoms with Crippen LogP contribution in [0, 0.1) is 6.92 Å². The van der Waals surface area contributed by atoms with E-state index in [0.29, 0.717) is 11.6 Å². The summed E-state index contributed by atoms with van der Waals surface area (Å²) in [5, 5.41) is 2.98. The zero-order valence-corrected chi connectivity index (χ0v) is 15.8. The zero-order valence-electron chi connectivity index (χ0n) is 15.8. The van der Waals surface area contributed by atoms with Crippen LogP contribution >= 0.6 is 0 Å². The maximum absolute atomic E-state index is 12.6. The molecule has 3 rings (SSSR count). The first-order valence-electron chi connectivity index (χ1n) is 9.37. The average molecular weight is 353 g/mol. The van der Waals surface area contributed by atoms with Gasteiger partial charge >= 0.3 is 0 Å². The summed E-state index contributed by atoms with van der Waals surface area (Å²) in [5.74, 6) is 0.440. The van der Waals surface area contributed by atoms with E-state index in [4.69, 9.17) is 0 Å². The largest absolute Gasteiger partial charge is 0.372 e. The van der Waals surface area contributed by atoms with Crippen molar-refractivity contribution >= 4 is 23.2 Å². The Morgan fingerprint density at radius 3 is 2.58 bits per heavy atom. The van der Waals surface area contributed by atoms with Gasteiger partial charge in [-0.2, -0.15) is 0 Å². The van der Waals surface area contributed by atoms with Crippen molar-refractivity contribution in [3.8, 4) is 0 Å². The molecule has 0 aliphatic carbocycles. The van der Waals surface area contributed by atoms with Crippen LogP contribution in [-0.4, -0.2) is 42.1 Å². The fraction of sp³-hybridized carbons (Fsp3) is 0.450. The normalized spacial score (nSPS) is 13.7. The molecule has 0 atom stereocenters.